The van der Waals surface area contributed by atoms with Crippen molar-refractivity contribution in [3.63, 3.8) is 0 Å². The monoisotopic (exact) mass is 287 g/mol. The molecular formula is C17H25N3O. The van der Waals surface area contributed by atoms with Crippen molar-refractivity contribution in [2.45, 2.75) is 51.2 Å². The molecule has 1 aliphatic heterocycles. The van der Waals surface area contributed by atoms with Gasteiger partial charge in [-0.25, -0.2) is 0 Å². The van der Waals surface area contributed by atoms with Gasteiger partial charge in [-0.15, -0.1) is 0 Å². The van der Waals surface area contributed by atoms with Crippen molar-refractivity contribution in [3.05, 3.63) is 29.3 Å². The van der Waals surface area contributed by atoms with Gasteiger partial charge in [0.15, 0.2) is 0 Å². The van der Waals surface area contributed by atoms with E-state index in [9.17, 15) is 5.26 Å². The lowest BCUT2D eigenvalue weighted by molar-refractivity contribution is 0.144. The second-order valence-corrected chi connectivity index (χ2v) is 6.01. The first-order chi connectivity index (χ1) is 10.1. The molecule has 0 spiro atoms. The summed E-state index contributed by atoms with van der Waals surface area (Å²) in [5.74, 6) is 0.625. The van der Waals surface area contributed by atoms with Gasteiger partial charge in [0.05, 0.1) is 18.7 Å². The zero-order valence-electron chi connectivity index (χ0n) is 13.2. The van der Waals surface area contributed by atoms with E-state index in [0.29, 0.717) is 17.4 Å². The van der Waals surface area contributed by atoms with Crippen LogP contribution in [0.5, 0.6) is 5.75 Å². The van der Waals surface area contributed by atoms with Gasteiger partial charge >= 0.3 is 0 Å². The Bertz CT molecular complexity index is 521. The number of nitrogens with two attached hydrogens (primary N) is 1. The normalized spacial score (nSPS) is 23.6. The summed E-state index contributed by atoms with van der Waals surface area (Å²) in [5, 5.41) is 9.29. The highest BCUT2D eigenvalue weighted by Gasteiger charge is 2.30. The molecule has 2 rings (SSSR count). The first-order valence-corrected chi connectivity index (χ1v) is 7.67. The number of methoxy groups -OCH3 is 1. The lowest BCUT2D eigenvalue weighted by atomic mass is 9.94. The fourth-order valence-corrected chi connectivity index (χ4v) is 3.23. The SMILES string of the molecule is COc1ccc(C2C(N)CCCCN2C(C)C)cc1C#N. The van der Waals surface area contributed by atoms with Crippen LogP contribution in [0, 0.1) is 11.3 Å². The highest BCUT2D eigenvalue weighted by molar-refractivity contribution is 5.46. The van der Waals surface area contributed by atoms with Gasteiger partial charge < -0.3 is 10.5 Å². The number of benzene rings is 1. The van der Waals surface area contributed by atoms with Crippen LogP contribution in [-0.2, 0) is 0 Å². The summed E-state index contributed by atoms with van der Waals surface area (Å²) in [6.45, 7) is 5.48. The average molecular weight is 287 g/mol. The van der Waals surface area contributed by atoms with Crippen molar-refractivity contribution in [2.24, 2.45) is 5.73 Å². The molecule has 21 heavy (non-hydrogen) atoms. The summed E-state index contributed by atoms with van der Waals surface area (Å²) in [6, 6.07) is 8.79. The Labute approximate surface area is 127 Å². The second-order valence-electron chi connectivity index (χ2n) is 6.01. The molecule has 0 amide bonds. The molecule has 0 saturated carbocycles. The summed E-state index contributed by atoms with van der Waals surface area (Å²) in [6.07, 6.45) is 3.38. The maximum absolute atomic E-state index is 9.29. The van der Waals surface area contributed by atoms with Gasteiger partial charge in [0.1, 0.15) is 11.8 Å². The first-order valence-electron chi connectivity index (χ1n) is 7.67. The number of ether oxygens (including phenoxy) is 1. The molecule has 0 radical (unpaired) electrons. The van der Waals surface area contributed by atoms with E-state index >= 15 is 0 Å². The van der Waals surface area contributed by atoms with Crippen molar-refractivity contribution < 1.29 is 4.74 Å². The third-order valence-corrected chi connectivity index (χ3v) is 4.32. The summed E-state index contributed by atoms with van der Waals surface area (Å²) >= 11 is 0. The molecule has 0 aromatic heterocycles. The summed E-state index contributed by atoms with van der Waals surface area (Å²) in [4.78, 5) is 2.46. The number of rotatable bonds is 3. The van der Waals surface area contributed by atoms with Crippen LogP contribution in [0.1, 0.15) is 50.3 Å². The molecule has 2 unspecified atom stereocenters. The number of hydrogen-bond acceptors (Lipinski definition) is 4. The smallest absolute Gasteiger partial charge is 0.136 e. The molecule has 1 aliphatic rings. The lowest BCUT2D eigenvalue weighted by Gasteiger charge is -2.37. The highest BCUT2D eigenvalue weighted by atomic mass is 16.5. The summed E-state index contributed by atoms with van der Waals surface area (Å²) in [7, 11) is 1.59. The van der Waals surface area contributed by atoms with E-state index < -0.39 is 0 Å². The van der Waals surface area contributed by atoms with Gasteiger partial charge in [-0.1, -0.05) is 12.5 Å². The Kier molecular flexibility index (Phi) is 5.22. The van der Waals surface area contributed by atoms with E-state index in [1.165, 1.54) is 12.8 Å². The van der Waals surface area contributed by atoms with Gasteiger partial charge in [-0.3, -0.25) is 4.90 Å². The van der Waals surface area contributed by atoms with Gasteiger partial charge in [0.2, 0.25) is 0 Å². The molecule has 1 heterocycles. The quantitative estimate of drug-likeness (QED) is 0.928. The molecule has 1 aromatic carbocycles. The zero-order valence-corrected chi connectivity index (χ0v) is 13.2. The van der Waals surface area contributed by atoms with Crippen molar-refractivity contribution in [1.29, 1.82) is 5.26 Å². The molecule has 0 aliphatic carbocycles. The zero-order chi connectivity index (χ0) is 15.4. The van der Waals surface area contributed by atoms with Crippen LogP contribution in [0.3, 0.4) is 0 Å². The topological polar surface area (TPSA) is 62.3 Å². The molecule has 2 atom stereocenters. The van der Waals surface area contributed by atoms with Crippen LogP contribution in [0.2, 0.25) is 0 Å². The van der Waals surface area contributed by atoms with E-state index in [1.807, 2.05) is 18.2 Å². The maximum Gasteiger partial charge on any atom is 0.136 e. The lowest BCUT2D eigenvalue weighted by Crippen LogP contribution is -2.43. The fraction of sp³-hybridized carbons (Fsp3) is 0.588. The minimum absolute atomic E-state index is 0.106. The maximum atomic E-state index is 9.29. The summed E-state index contributed by atoms with van der Waals surface area (Å²) in [5.41, 5.74) is 8.15. The summed E-state index contributed by atoms with van der Waals surface area (Å²) < 4.78 is 5.24. The molecule has 2 N–H and O–H groups in total. The Morgan fingerprint density at radius 2 is 2.14 bits per heavy atom. The van der Waals surface area contributed by atoms with Crippen molar-refractivity contribution in [2.75, 3.05) is 13.7 Å². The standard InChI is InChI=1S/C17H25N3O/c1-12(2)20-9-5-4-6-15(19)17(20)13-7-8-16(21-3)14(10-13)11-18/h7-8,10,12,15,17H,4-6,9,19H2,1-3H3. The molecule has 1 fully saturated rings. The van der Waals surface area contributed by atoms with E-state index in [-0.39, 0.29) is 12.1 Å². The van der Waals surface area contributed by atoms with E-state index in [1.54, 1.807) is 7.11 Å². The van der Waals surface area contributed by atoms with E-state index in [4.69, 9.17) is 10.5 Å². The number of hydrogen-bond donors (Lipinski definition) is 1. The van der Waals surface area contributed by atoms with Crippen LogP contribution < -0.4 is 10.5 Å². The minimum Gasteiger partial charge on any atom is -0.495 e. The van der Waals surface area contributed by atoms with Crippen LogP contribution in [0.15, 0.2) is 18.2 Å². The minimum atomic E-state index is 0.106. The Hall–Kier alpha value is -1.57. The molecule has 4 nitrogen and oxygen atoms in total. The van der Waals surface area contributed by atoms with Gasteiger partial charge in [-0.2, -0.15) is 5.26 Å². The number of nitriles is 1. The molecule has 1 aromatic rings. The second kappa shape index (κ2) is 6.93. The predicted octanol–water partition coefficient (Wildman–Crippen LogP) is 2.83. The molecule has 1 saturated heterocycles. The van der Waals surface area contributed by atoms with Crippen LogP contribution in [0.4, 0.5) is 0 Å². The highest BCUT2D eigenvalue weighted by Crippen LogP contribution is 2.33. The number of nitrogens with zero attached hydrogens (tertiary/aromatic N) is 2. The Balaban J connectivity index is 2.42. The largest absolute Gasteiger partial charge is 0.495 e. The van der Waals surface area contributed by atoms with Gasteiger partial charge in [0, 0.05) is 12.1 Å². The first kappa shape index (κ1) is 15.8. The molecule has 114 valence electrons. The number of likely N-dealkylation sites (tertiary alicyclic amines) is 1. The molecule has 0 bridgehead atoms. The fourth-order valence-electron chi connectivity index (χ4n) is 3.23. The van der Waals surface area contributed by atoms with Crippen molar-refractivity contribution in [1.82, 2.24) is 4.90 Å². The van der Waals surface area contributed by atoms with Crippen LogP contribution >= 0.6 is 0 Å². The van der Waals surface area contributed by atoms with E-state index in [0.717, 1.165) is 18.5 Å². The van der Waals surface area contributed by atoms with E-state index in [2.05, 4.69) is 24.8 Å². The third-order valence-electron chi connectivity index (χ3n) is 4.32. The molecular weight excluding hydrogens is 262 g/mol. The van der Waals surface area contributed by atoms with Crippen LogP contribution in [0.25, 0.3) is 0 Å². The van der Waals surface area contributed by atoms with Crippen molar-refractivity contribution in [3.8, 4) is 11.8 Å². The molecule has 4 heteroatoms. The Morgan fingerprint density at radius 1 is 1.38 bits per heavy atom. The predicted molar refractivity (Wildman–Crippen MR) is 84.1 cm³/mol. The third kappa shape index (κ3) is 3.37. The average Bonchev–Trinajstić information content (AvgIpc) is 2.68. The van der Waals surface area contributed by atoms with Crippen LogP contribution in [-0.4, -0.2) is 30.6 Å². The Morgan fingerprint density at radius 3 is 2.76 bits per heavy atom. The van der Waals surface area contributed by atoms with Gasteiger partial charge in [-0.05, 0) is 50.9 Å². The van der Waals surface area contributed by atoms with Crippen molar-refractivity contribution >= 4 is 0 Å². The van der Waals surface area contributed by atoms with Gasteiger partial charge in [0.25, 0.3) is 0 Å².